The van der Waals surface area contributed by atoms with Crippen LogP contribution in [0.3, 0.4) is 0 Å². The molecule has 0 aliphatic carbocycles. The van der Waals surface area contributed by atoms with Crippen LogP contribution in [0.2, 0.25) is 0 Å². The lowest BCUT2D eigenvalue weighted by molar-refractivity contribution is -0.137. The number of hydrogen-bond acceptors (Lipinski definition) is 7. The molecule has 0 fully saturated rings. The number of anilines is 2. The second-order valence-corrected chi connectivity index (χ2v) is 9.41. The Kier molecular flexibility index (Phi) is 8.67. The lowest BCUT2D eigenvalue weighted by Crippen LogP contribution is -2.08. The molecule has 0 atom stereocenters. The number of alkyl halides is 3. The predicted molar refractivity (Wildman–Crippen MR) is 147 cm³/mol. The highest BCUT2D eigenvalue weighted by atomic mass is 19.4. The summed E-state index contributed by atoms with van der Waals surface area (Å²) in [6.45, 7) is 2.29. The second-order valence-electron chi connectivity index (χ2n) is 9.41. The van der Waals surface area contributed by atoms with Crippen molar-refractivity contribution in [1.29, 1.82) is 0 Å². The molecule has 0 spiro atoms. The number of nitrogens with two attached hydrogens (primary N) is 2. The van der Waals surface area contributed by atoms with Crippen molar-refractivity contribution in [3.05, 3.63) is 87.6 Å². The van der Waals surface area contributed by atoms with Crippen LogP contribution in [0.15, 0.2) is 69.9 Å². The lowest BCUT2D eigenvalue weighted by atomic mass is 10.0. The molecule has 1 heterocycles. The van der Waals surface area contributed by atoms with Gasteiger partial charge in [-0.05, 0) is 81.1 Å². The largest absolute Gasteiger partial charge is 0.494 e. The molecule has 0 saturated carbocycles. The molecule has 0 saturated heterocycles. The molecule has 0 aliphatic rings. The number of ether oxygens (including phenoxy) is 2. The molecule has 0 radical (unpaired) electrons. The summed E-state index contributed by atoms with van der Waals surface area (Å²) in [5.41, 5.74) is 12.5. The molecule has 40 heavy (non-hydrogen) atoms. The number of hydrogen-bond donors (Lipinski definition) is 2. The smallest absolute Gasteiger partial charge is 0.416 e. The minimum Gasteiger partial charge on any atom is -0.494 e. The van der Waals surface area contributed by atoms with Crippen molar-refractivity contribution in [1.82, 2.24) is 0 Å². The minimum atomic E-state index is -4.45. The van der Waals surface area contributed by atoms with E-state index in [1.807, 2.05) is 0 Å². The van der Waals surface area contributed by atoms with Crippen LogP contribution in [0.1, 0.15) is 47.2 Å². The Labute approximate surface area is 228 Å². The predicted octanol–water partition coefficient (Wildman–Crippen LogP) is 6.75. The van der Waals surface area contributed by atoms with Gasteiger partial charge in [0.05, 0.1) is 29.7 Å². The number of nitrogen functional groups attached to an aromatic ring is 2. The molecule has 210 valence electrons. The van der Waals surface area contributed by atoms with Crippen LogP contribution < -0.4 is 21.6 Å². The molecule has 4 N–H and O–H groups in total. The quantitative estimate of drug-likeness (QED) is 0.127. The standard InChI is InChI=1S/C30H29F3N2O5/c1-18-27(36)25-17-24(10-11-26(25)40-28(18)19-6-8-21(9-7-19)30(31,32)33)38-12-4-2-3-5-13-39-29(37)20-14-22(34)16-23(35)15-20/h6-11,14-17H,2-5,12-13,34-35H2,1H3. The Morgan fingerprint density at radius 1 is 0.875 bits per heavy atom. The number of benzene rings is 3. The molecular weight excluding hydrogens is 525 g/mol. The first-order valence-corrected chi connectivity index (χ1v) is 12.7. The first kappa shape index (κ1) is 28.5. The summed E-state index contributed by atoms with van der Waals surface area (Å²) in [5, 5.41) is 0.328. The van der Waals surface area contributed by atoms with Gasteiger partial charge in [-0.2, -0.15) is 13.2 Å². The molecule has 0 aliphatic heterocycles. The molecule has 3 aromatic carbocycles. The highest BCUT2D eigenvalue weighted by Crippen LogP contribution is 2.32. The van der Waals surface area contributed by atoms with Gasteiger partial charge in [0.1, 0.15) is 17.1 Å². The van der Waals surface area contributed by atoms with Crippen LogP contribution in [0, 0.1) is 6.92 Å². The van der Waals surface area contributed by atoms with Gasteiger partial charge in [-0.3, -0.25) is 4.79 Å². The number of esters is 1. The van der Waals surface area contributed by atoms with Gasteiger partial charge in [0, 0.05) is 22.5 Å². The van der Waals surface area contributed by atoms with Gasteiger partial charge in [0.25, 0.3) is 0 Å². The maximum Gasteiger partial charge on any atom is 0.416 e. The Hall–Kier alpha value is -4.47. The van der Waals surface area contributed by atoms with E-state index in [1.165, 1.54) is 24.3 Å². The molecule has 7 nitrogen and oxygen atoms in total. The summed E-state index contributed by atoms with van der Waals surface area (Å²) < 4.78 is 55.6. The Morgan fingerprint density at radius 3 is 2.17 bits per heavy atom. The molecule has 1 aromatic heterocycles. The third kappa shape index (κ3) is 6.93. The van der Waals surface area contributed by atoms with Crippen LogP contribution in [-0.4, -0.2) is 19.2 Å². The third-order valence-electron chi connectivity index (χ3n) is 6.32. The van der Waals surface area contributed by atoms with Gasteiger partial charge in [0.15, 0.2) is 5.43 Å². The molecule has 0 amide bonds. The second kappa shape index (κ2) is 12.1. The van der Waals surface area contributed by atoms with E-state index in [-0.39, 0.29) is 17.8 Å². The molecule has 4 aromatic rings. The number of carbonyl (C=O) groups is 1. The summed E-state index contributed by atoms with van der Waals surface area (Å²) in [4.78, 5) is 25.1. The summed E-state index contributed by atoms with van der Waals surface area (Å²) in [7, 11) is 0. The highest BCUT2D eigenvalue weighted by Gasteiger charge is 2.30. The molecule has 0 unspecified atom stereocenters. The average Bonchev–Trinajstić information content (AvgIpc) is 2.91. The zero-order chi connectivity index (χ0) is 28.9. The number of rotatable bonds is 10. The summed E-state index contributed by atoms with van der Waals surface area (Å²) in [6.07, 6.45) is -1.30. The minimum absolute atomic E-state index is 0.225. The van der Waals surface area contributed by atoms with E-state index in [1.54, 1.807) is 31.2 Å². The van der Waals surface area contributed by atoms with Gasteiger partial charge in [0.2, 0.25) is 0 Å². The first-order valence-electron chi connectivity index (χ1n) is 12.7. The van der Waals surface area contributed by atoms with E-state index < -0.39 is 17.7 Å². The van der Waals surface area contributed by atoms with Crippen molar-refractivity contribution in [3.63, 3.8) is 0 Å². The van der Waals surface area contributed by atoms with E-state index in [4.69, 9.17) is 25.4 Å². The maximum absolute atomic E-state index is 13.0. The molecule has 0 bridgehead atoms. The van der Waals surface area contributed by atoms with E-state index >= 15 is 0 Å². The van der Waals surface area contributed by atoms with Gasteiger partial charge < -0.3 is 25.4 Å². The van der Waals surface area contributed by atoms with Crippen LogP contribution in [0.5, 0.6) is 5.75 Å². The summed E-state index contributed by atoms with van der Waals surface area (Å²) >= 11 is 0. The average molecular weight is 555 g/mol. The maximum atomic E-state index is 13.0. The van der Waals surface area contributed by atoms with Crippen molar-refractivity contribution in [2.75, 3.05) is 24.7 Å². The van der Waals surface area contributed by atoms with E-state index in [9.17, 15) is 22.8 Å². The topological polar surface area (TPSA) is 118 Å². The molecule has 4 rings (SSSR count). The number of fused-ring (bicyclic) bond motifs is 1. The Balaban J connectivity index is 1.26. The van der Waals surface area contributed by atoms with Gasteiger partial charge in [-0.15, -0.1) is 0 Å². The van der Waals surface area contributed by atoms with Gasteiger partial charge in [-0.25, -0.2) is 4.79 Å². The zero-order valence-electron chi connectivity index (χ0n) is 21.8. The van der Waals surface area contributed by atoms with Crippen LogP contribution in [0.25, 0.3) is 22.3 Å². The molecule has 10 heteroatoms. The van der Waals surface area contributed by atoms with Crippen molar-refractivity contribution < 1.29 is 31.9 Å². The summed E-state index contributed by atoms with van der Waals surface area (Å²) in [5.74, 6) is 0.268. The number of unbranched alkanes of at least 4 members (excludes halogenated alkanes) is 3. The van der Waals surface area contributed by atoms with E-state index in [2.05, 4.69) is 0 Å². The molecular formula is C30H29F3N2O5. The Morgan fingerprint density at radius 2 is 1.52 bits per heavy atom. The number of carbonyl (C=O) groups excluding carboxylic acids is 1. The van der Waals surface area contributed by atoms with E-state index in [0.29, 0.717) is 57.8 Å². The van der Waals surface area contributed by atoms with Crippen molar-refractivity contribution >= 4 is 28.3 Å². The zero-order valence-corrected chi connectivity index (χ0v) is 21.8. The monoisotopic (exact) mass is 554 g/mol. The van der Waals surface area contributed by atoms with Crippen LogP contribution >= 0.6 is 0 Å². The fraction of sp³-hybridized carbons (Fsp3) is 0.267. The fourth-order valence-electron chi connectivity index (χ4n) is 4.23. The first-order chi connectivity index (χ1) is 19.0. The van der Waals surface area contributed by atoms with Crippen LogP contribution in [0.4, 0.5) is 24.5 Å². The van der Waals surface area contributed by atoms with E-state index in [0.717, 1.165) is 31.4 Å². The van der Waals surface area contributed by atoms with Crippen molar-refractivity contribution in [2.24, 2.45) is 0 Å². The van der Waals surface area contributed by atoms with Crippen LogP contribution in [-0.2, 0) is 10.9 Å². The lowest BCUT2D eigenvalue weighted by Gasteiger charge is -2.11. The number of halogens is 3. The van der Waals surface area contributed by atoms with Gasteiger partial charge >= 0.3 is 12.1 Å². The normalized spacial score (nSPS) is 11.5. The highest BCUT2D eigenvalue weighted by molar-refractivity contribution is 5.91. The SMILES string of the molecule is Cc1c(-c2ccc(C(F)(F)F)cc2)oc2ccc(OCCCCCCOC(=O)c3cc(N)cc(N)c3)cc2c1=O. The summed E-state index contributed by atoms with van der Waals surface area (Å²) in [6, 6.07) is 14.0. The Bertz CT molecular complexity index is 1540. The fourth-order valence-corrected chi connectivity index (χ4v) is 4.23. The third-order valence-corrected chi connectivity index (χ3v) is 6.32. The van der Waals surface area contributed by atoms with Crippen molar-refractivity contribution in [3.8, 4) is 17.1 Å². The van der Waals surface area contributed by atoms with Crippen molar-refractivity contribution in [2.45, 2.75) is 38.8 Å². The van der Waals surface area contributed by atoms with Gasteiger partial charge in [-0.1, -0.05) is 12.1 Å².